The molecule has 0 aliphatic carbocycles. The van der Waals surface area contributed by atoms with Crippen molar-refractivity contribution in [2.24, 2.45) is 0 Å². The first kappa shape index (κ1) is 14.2. The molecule has 0 unspecified atom stereocenters. The Morgan fingerprint density at radius 2 is 1.81 bits per heavy atom. The summed E-state index contributed by atoms with van der Waals surface area (Å²) in [6, 6.07) is 1.72. The average molecular weight is 237 g/mol. The van der Waals surface area contributed by atoms with Gasteiger partial charge in [-0.05, 0) is 6.07 Å². The molecule has 1 aromatic carbocycles. The van der Waals surface area contributed by atoms with Crippen molar-refractivity contribution >= 4 is 5.69 Å². The maximum atomic E-state index is 12.1. The van der Waals surface area contributed by atoms with Gasteiger partial charge in [-0.3, -0.25) is 10.1 Å². The van der Waals surface area contributed by atoms with E-state index in [0.29, 0.717) is 6.07 Å². The van der Waals surface area contributed by atoms with Gasteiger partial charge in [0.2, 0.25) is 0 Å². The molecule has 0 radical (unpaired) electrons. The van der Waals surface area contributed by atoms with E-state index in [9.17, 15) is 23.3 Å². The van der Waals surface area contributed by atoms with Crippen LogP contribution in [-0.2, 0) is 6.18 Å². The van der Waals surface area contributed by atoms with Crippen LogP contribution in [0.15, 0.2) is 18.2 Å². The smallest absolute Gasteiger partial charge is 0.420 e. The third-order valence-electron chi connectivity index (χ3n) is 1.50. The van der Waals surface area contributed by atoms with Crippen LogP contribution in [0, 0.1) is 10.1 Å². The molecule has 1 rings (SSSR count). The molecular weight excluding hydrogens is 227 g/mol. The normalized spacial score (nSPS) is 10.3. The van der Waals surface area contributed by atoms with Crippen molar-refractivity contribution in [1.29, 1.82) is 0 Å². The SMILES string of the molecule is CC.O=[N+]([O-])c1ccc(O)c(C(F)(F)F)c1. The summed E-state index contributed by atoms with van der Waals surface area (Å²) in [4.78, 5) is 9.18. The van der Waals surface area contributed by atoms with E-state index in [-0.39, 0.29) is 6.07 Å². The first-order valence-electron chi connectivity index (χ1n) is 4.37. The molecule has 0 fully saturated rings. The van der Waals surface area contributed by atoms with Crippen molar-refractivity contribution in [1.82, 2.24) is 0 Å². The van der Waals surface area contributed by atoms with Gasteiger partial charge >= 0.3 is 6.18 Å². The summed E-state index contributed by atoms with van der Waals surface area (Å²) in [6.45, 7) is 4.00. The largest absolute Gasteiger partial charge is 0.507 e. The van der Waals surface area contributed by atoms with Crippen molar-refractivity contribution < 1.29 is 23.2 Å². The minimum Gasteiger partial charge on any atom is -0.507 e. The topological polar surface area (TPSA) is 63.4 Å². The molecule has 0 atom stereocenters. The highest BCUT2D eigenvalue weighted by Gasteiger charge is 2.35. The number of phenols is 1. The molecule has 0 aliphatic rings. The van der Waals surface area contributed by atoms with Crippen molar-refractivity contribution in [2.75, 3.05) is 0 Å². The van der Waals surface area contributed by atoms with Crippen LogP contribution in [0.25, 0.3) is 0 Å². The molecule has 0 saturated carbocycles. The quantitative estimate of drug-likeness (QED) is 0.601. The second-order valence-corrected chi connectivity index (χ2v) is 2.46. The van der Waals surface area contributed by atoms with Gasteiger partial charge in [0.15, 0.2) is 0 Å². The molecule has 16 heavy (non-hydrogen) atoms. The van der Waals surface area contributed by atoms with Crippen LogP contribution in [0.3, 0.4) is 0 Å². The molecule has 0 saturated heterocycles. The van der Waals surface area contributed by atoms with Crippen molar-refractivity contribution in [2.45, 2.75) is 20.0 Å². The number of non-ortho nitro benzene ring substituents is 1. The highest BCUT2D eigenvalue weighted by molar-refractivity contribution is 5.44. The van der Waals surface area contributed by atoms with Gasteiger partial charge in [-0.15, -0.1) is 0 Å². The molecule has 0 bridgehead atoms. The molecule has 1 N–H and O–H groups in total. The van der Waals surface area contributed by atoms with Crippen LogP contribution >= 0.6 is 0 Å². The van der Waals surface area contributed by atoms with Crippen molar-refractivity contribution in [3.8, 4) is 5.75 Å². The first-order valence-corrected chi connectivity index (χ1v) is 4.37. The minimum absolute atomic E-state index is 0.287. The summed E-state index contributed by atoms with van der Waals surface area (Å²) < 4.78 is 36.3. The third-order valence-corrected chi connectivity index (χ3v) is 1.50. The monoisotopic (exact) mass is 237 g/mol. The van der Waals surface area contributed by atoms with Gasteiger partial charge in [-0.25, -0.2) is 0 Å². The van der Waals surface area contributed by atoms with Gasteiger partial charge in [0, 0.05) is 12.1 Å². The summed E-state index contributed by atoms with van der Waals surface area (Å²) in [5.41, 5.74) is -2.12. The predicted octanol–water partition coefficient (Wildman–Crippen LogP) is 3.35. The Hall–Kier alpha value is -1.79. The Morgan fingerprint density at radius 1 is 1.31 bits per heavy atom. The van der Waals surface area contributed by atoms with Gasteiger partial charge < -0.3 is 5.11 Å². The van der Waals surface area contributed by atoms with E-state index >= 15 is 0 Å². The Kier molecular flexibility index (Phi) is 4.74. The molecule has 0 amide bonds. The number of hydrogen-bond donors (Lipinski definition) is 1. The van der Waals surface area contributed by atoms with Gasteiger partial charge in [0.05, 0.1) is 4.92 Å². The fourth-order valence-corrected chi connectivity index (χ4v) is 0.865. The summed E-state index contributed by atoms with van der Waals surface area (Å²) >= 11 is 0. The number of hydrogen-bond acceptors (Lipinski definition) is 3. The number of alkyl halides is 3. The van der Waals surface area contributed by atoms with E-state index in [0.717, 1.165) is 6.07 Å². The van der Waals surface area contributed by atoms with E-state index in [4.69, 9.17) is 5.11 Å². The maximum absolute atomic E-state index is 12.1. The Bertz CT molecular complexity index is 377. The summed E-state index contributed by atoms with van der Waals surface area (Å²) in [7, 11) is 0. The lowest BCUT2D eigenvalue weighted by Crippen LogP contribution is -2.05. The van der Waals surface area contributed by atoms with Crippen LogP contribution < -0.4 is 0 Å². The predicted molar refractivity (Wildman–Crippen MR) is 51.1 cm³/mol. The second kappa shape index (κ2) is 5.34. The summed E-state index contributed by atoms with van der Waals surface area (Å²) in [6.07, 6.45) is -4.80. The zero-order chi connectivity index (χ0) is 12.9. The lowest BCUT2D eigenvalue weighted by atomic mass is 10.2. The van der Waals surface area contributed by atoms with E-state index in [2.05, 4.69) is 0 Å². The van der Waals surface area contributed by atoms with Gasteiger partial charge in [0.25, 0.3) is 5.69 Å². The third kappa shape index (κ3) is 3.41. The van der Waals surface area contributed by atoms with E-state index in [1.54, 1.807) is 0 Å². The number of phenolic OH excluding ortho intramolecular Hbond substituents is 1. The van der Waals surface area contributed by atoms with E-state index < -0.39 is 28.1 Å². The average Bonchev–Trinajstić information content (AvgIpc) is 2.19. The van der Waals surface area contributed by atoms with Crippen LogP contribution in [0.1, 0.15) is 19.4 Å². The highest BCUT2D eigenvalue weighted by atomic mass is 19.4. The zero-order valence-corrected chi connectivity index (χ0v) is 8.58. The summed E-state index contributed by atoms with van der Waals surface area (Å²) in [5, 5.41) is 19.0. The standard InChI is InChI=1S/C7H4F3NO3.C2H6/c8-7(9,10)5-3-4(11(13)14)1-2-6(5)12;1-2/h1-3,12H;1-2H3. The Balaban J connectivity index is 0.00000106. The molecule has 4 nitrogen and oxygen atoms in total. The fourth-order valence-electron chi connectivity index (χ4n) is 0.865. The van der Waals surface area contributed by atoms with E-state index in [1.807, 2.05) is 13.8 Å². The lowest BCUT2D eigenvalue weighted by Gasteiger charge is -2.07. The molecule has 7 heteroatoms. The molecule has 1 aromatic rings. The fraction of sp³-hybridized carbons (Fsp3) is 0.333. The number of halogens is 3. The number of rotatable bonds is 1. The van der Waals surface area contributed by atoms with Crippen molar-refractivity contribution in [3.63, 3.8) is 0 Å². The number of benzene rings is 1. The summed E-state index contributed by atoms with van der Waals surface area (Å²) in [5.74, 6) is -1.02. The zero-order valence-electron chi connectivity index (χ0n) is 8.58. The number of nitrogens with zero attached hydrogens (tertiary/aromatic N) is 1. The number of nitro benzene ring substituents is 1. The van der Waals surface area contributed by atoms with Crippen LogP contribution in [0.4, 0.5) is 18.9 Å². The van der Waals surface area contributed by atoms with Crippen LogP contribution in [0.5, 0.6) is 5.75 Å². The Morgan fingerprint density at radius 3 is 2.19 bits per heavy atom. The van der Waals surface area contributed by atoms with Crippen molar-refractivity contribution in [3.05, 3.63) is 33.9 Å². The maximum Gasteiger partial charge on any atom is 0.420 e. The Labute approximate surface area is 89.5 Å². The first-order chi connectivity index (χ1) is 7.32. The van der Waals surface area contributed by atoms with Crippen LogP contribution in [0.2, 0.25) is 0 Å². The van der Waals surface area contributed by atoms with E-state index in [1.165, 1.54) is 0 Å². The van der Waals surface area contributed by atoms with Gasteiger partial charge in [-0.1, -0.05) is 13.8 Å². The molecular formula is C9H10F3NO3. The number of nitro groups is 1. The minimum atomic E-state index is -4.80. The molecule has 0 aliphatic heterocycles. The number of aromatic hydroxyl groups is 1. The molecule has 90 valence electrons. The molecule has 0 aromatic heterocycles. The van der Waals surface area contributed by atoms with Gasteiger partial charge in [-0.2, -0.15) is 13.2 Å². The second-order valence-electron chi connectivity index (χ2n) is 2.46. The molecule has 0 spiro atoms. The van der Waals surface area contributed by atoms with Gasteiger partial charge in [0.1, 0.15) is 11.3 Å². The molecule has 0 heterocycles. The lowest BCUT2D eigenvalue weighted by molar-refractivity contribution is -0.385. The highest BCUT2D eigenvalue weighted by Crippen LogP contribution is 2.37. The van der Waals surface area contributed by atoms with Crippen LogP contribution in [-0.4, -0.2) is 10.0 Å².